The minimum absolute atomic E-state index is 0.244. The van der Waals surface area contributed by atoms with Crippen molar-refractivity contribution in [1.82, 2.24) is 25.1 Å². The Morgan fingerprint density at radius 1 is 1.18 bits per heavy atom. The van der Waals surface area contributed by atoms with E-state index in [0.29, 0.717) is 5.65 Å². The van der Waals surface area contributed by atoms with Crippen LogP contribution in [0.25, 0.3) is 22.4 Å². The molecule has 3 N–H and O–H groups in total. The number of fused-ring (bicyclic) bond motifs is 2. The summed E-state index contributed by atoms with van der Waals surface area (Å²) in [6.45, 7) is 4.94. The first-order valence-electron chi connectivity index (χ1n) is 10.3. The summed E-state index contributed by atoms with van der Waals surface area (Å²) in [5, 5.41) is 7.67. The third kappa shape index (κ3) is 2.94. The molecule has 1 aliphatic carbocycles. The molecule has 1 fully saturated rings. The first-order valence-corrected chi connectivity index (χ1v) is 10.3. The first-order chi connectivity index (χ1) is 13.7. The van der Waals surface area contributed by atoms with Gasteiger partial charge in [0, 0.05) is 30.5 Å². The molecule has 1 saturated heterocycles. The molecule has 0 atom stereocenters. The lowest BCUT2D eigenvalue weighted by Gasteiger charge is -2.39. The summed E-state index contributed by atoms with van der Waals surface area (Å²) in [6, 6.07) is 2.07. The molecule has 2 aliphatic rings. The van der Waals surface area contributed by atoms with E-state index in [1.165, 1.54) is 29.7 Å². The smallest absolute Gasteiger partial charge is 0.202 e. The Kier molecular flexibility index (Phi) is 4.27. The van der Waals surface area contributed by atoms with E-state index < -0.39 is 0 Å². The van der Waals surface area contributed by atoms with E-state index in [2.05, 4.69) is 33.1 Å². The van der Waals surface area contributed by atoms with Gasteiger partial charge >= 0.3 is 0 Å². The molecule has 146 valence electrons. The second-order valence-corrected chi connectivity index (χ2v) is 8.49. The minimum atomic E-state index is 0.244. The topological polar surface area (TPSA) is 96.6 Å². The van der Waals surface area contributed by atoms with Crippen LogP contribution in [0.1, 0.15) is 43.9 Å². The van der Waals surface area contributed by atoms with Crippen LogP contribution >= 0.6 is 0 Å². The van der Waals surface area contributed by atoms with E-state index in [9.17, 15) is 0 Å². The quantitative estimate of drug-likeness (QED) is 0.728. The molecular weight excluding hydrogens is 350 g/mol. The summed E-state index contributed by atoms with van der Waals surface area (Å²) in [7, 11) is 0. The standard InChI is InChI=1S/C21H27N7/c1-21(13-22)7-10-28(11-8-21)17-12-24-19-18(26-27-20(19)25-17)15-6-9-23-16-5-3-2-4-14(15)16/h6,9,12H,2-5,7-8,10-11,13,22H2,1H3,(H,25,26,27). The number of H-pyrrole nitrogens is 1. The van der Waals surface area contributed by atoms with Gasteiger partial charge in [0.05, 0.1) is 11.9 Å². The lowest BCUT2D eigenvalue weighted by Crippen LogP contribution is -2.42. The van der Waals surface area contributed by atoms with Crippen LogP contribution in [0.4, 0.5) is 5.82 Å². The van der Waals surface area contributed by atoms with Crippen LogP contribution in [0, 0.1) is 5.41 Å². The molecule has 0 spiro atoms. The molecule has 7 nitrogen and oxygen atoms in total. The Morgan fingerprint density at radius 3 is 2.82 bits per heavy atom. The summed E-state index contributed by atoms with van der Waals surface area (Å²) in [5.41, 5.74) is 12.4. The van der Waals surface area contributed by atoms with Crippen molar-refractivity contribution >= 4 is 17.0 Å². The van der Waals surface area contributed by atoms with Crippen molar-refractivity contribution in [3.8, 4) is 11.3 Å². The summed E-state index contributed by atoms with van der Waals surface area (Å²) < 4.78 is 0. The van der Waals surface area contributed by atoms with Gasteiger partial charge in [0.1, 0.15) is 11.3 Å². The SMILES string of the molecule is CC1(CN)CCN(c2cnc3c(-c4ccnc5c4CCCC5)[nH]nc3n2)CC1. The molecule has 28 heavy (non-hydrogen) atoms. The van der Waals surface area contributed by atoms with Crippen LogP contribution < -0.4 is 10.6 Å². The van der Waals surface area contributed by atoms with Crippen LogP contribution in [0.15, 0.2) is 18.5 Å². The van der Waals surface area contributed by atoms with Crippen molar-refractivity contribution in [3.05, 3.63) is 29.7 Å². The predicted octanol–water partition coefficient (Wildman–Crippen LogP) is 2.86. The molecule has 0 aromatic carbocycles. The third-order valence-electron chi connectivity index (χ3n) is 6.54. The number of piperidine rings is 1. The molecule has 3 aromatic rings. The minimum Gasteiger partial charge on any atom is -0.355 e. The molecule has 5 rings (SSSR count). The average Bonchev–Trinajstić information content (AvgIpc) is 3.17. The summed E-state index contributed by atoms with van der Waals surface area (Å²) in [4.78, 5) is 16.4. The first kappa shape index (κ1) is 17.6. The van der Waals surface area contributed by atoms with Crippen molar-refractivity contribution < 1.29 is 0 Å². The Bertz CT molecular complexity index is 1000. The molecular formula is C21H27N7. The van der Waals surface area contributed by atoms with E-state index in [-0.39, 0.29) is 5.41 Å². The van der Waals surface area contributed by atoms with Crippen molar-refractivity contribution in [3.63, 3.8) is 0 Å². The number of hydrogen-bond acceptors (Lipinski definition) is 6. The van der Waals surface area contributed by atoms with Gasteiger partial charge in [0.25, 0.3) is 0 Å². The largest absolute Gasteiger partial charge is 0.355 e. The van der Waals surface area contributed by atoms with Gasteiger partial charge in [-0.25, -0.2) is 9.97 Å². The number of anilines is 1. The monoisotopic (exact) mass is 377 g/mol. The number of rotatable bonds is 3. The van der Waals surface area contributed by atoms with Gasteiger partial charge in [-0.05, 0) is 62.1 Å². The Balaban J connectivity index is 1.47. The fourth-order valence-electron chi connectivity index (χ4n) is 4.46. The van der Waals surface area contributed by atoms with Gasteiger partial charge in [0.2, 0.25) is 5.65 Å². The zero-order valence-electron chi connectivity index (χ0n) is 16.4. The molecule has 0 unspecified atom stereocenters. The van der Waals surface area contributed by atoms with E-state index >= 15 is 0 Å². The van der Waals surface area contributed by atoms with Crippen molar-refractivity contribution in [2.75, 3.05) is 24.5 Å². The Morgan fingerprint density at radius 2 is 2.00 bits per heavy atom. The molecule has 3 aromatic heterocycles. The van der Waals surface area contributed by atoms with E-state index in [1.54, 1.807) is 0 Å². The van der Waals surface area contributed by atoms with Crippen LogP contribution in [-0.2, 0) is 12.8 Å². The van der Waals surface area contributed by atoms with Crippen LogP contribution in [0.5, 0.6) is 0 Å². The zero-order chi connectivity index (χ0) is 19.1. The zero-order valence-corrected chi connectivity index (χ0v) is 16.4. The Hall–Kier alpha value is -2.54. The lowest BCUT2D eigenvalue weighted by molar-refractivity contribution is 0.258. The highest BCUT2D eigenvalue weighted by atomic mass is 15.2. The fraction of sp³-hybridized carbons (Fsp3) is 0.524. The van der Waals surface area contributed by atoms with Gasteiger partial charge in [-0.1, -0.05) is 6.92 Å². The maximum atomic E-state index is 5.94. The highest BCUT2D eigenvalue weighted by Gasteiger charge is 2.29. The van der Waals surface area contributed by atoms with Gasteiger partial charge in [-0.2, -0.15) is 5.10 Å². The Labute approximate surface area is 164 Å². The summed E-state index contributed by atoms with van der Waals surface area (Å²) in [6.07, 6.45) is 10.5. The maximum absolute atomic E-state index is 5.94. The number of aryl methyl sites for hydroxylation is 1. The summed E-state index contributed by atoms with van der Waals surface area (Å²) >= 11 is 0. The van der Waals surface area contributed by atoms with Gasteiger partial charge in [-0.3, -0.25) is 10.1 Å². The fourth-order valence-corrected chi connectivity index (χ4v) is 4.46. The molecule has 1 aliphatic heterocycles. The maximum Gasteiger partial charge on any atom is 0.202 e. The number of nitrogens with two attached hydrogens (primary N) is 1. The van der Waals surface area contributed by atoms with Crippen molar-refractivity contribution in [2.45, 2.75) is 45.4 Å². The number of hydrogen-bond donors (Lipinski definition) is 2. The third-order valence-corrected chi connectivity index (χ3v) is 6.54. The number of pyridine rings is 1. The van der Waals surface area contributed by atoms with Crippen LogP contribution in [0.2, 0.25) is 0 Å². The highest BCUT2D eigenvalue weighted by molar-refractivity contribution is 5.89. The normalized spacial score (nSPS) is 19.0. The molecule has 0 amide bonds. The molecule has 0 saturated carbocycles. The second kappa shape index (κ2) is 6.81. The van der Waals surface area contributed by atoms with Crippen LogP contribution in [0.3, 0.4) is 0 Å². The lowest BCUT2D eigenvalue weighted by atomic mass is 9.80. The molecule has 0 bridgehead atoms. The predicted molar refractivity (Wildman–Crippen MR) is 110 cm³/mol. The highest BCUT2D eigenvalue weighted by Crippen LogP contribution is 2.34. The number of nitrogens with one attached hydrogen (secondary N) is 1. The van der Waals surface area contributed by atoms with E-state index in [4.69, 9.17) is 15.7 Å². The van der Waals surface area contributed by atoms with Crippen molar-refractivity contribution in [2.24, 2.45) is 11.1 Å². The molecule has 0 radical (unpaired) electrons. The number of nitrogens with zero attached hydrogens (tertiary/aromatic N) is 5. The molecule has 7 heteroatoms. The van der Waals surface area contributed by atoms with Gasteiger partial charge in [-0.15, -0.1) is 0 Å². The number of aromatic nitrogens is 5. The molecule has 4 heterocycles. The van der Waals surface area contributed by atoms with Gasteiger partial charge in [0.15, 0.2) is 0 Å². The average molecular weight is 377 g/mol. The van der Waals surface area contributed by atoms with E-state index in [0.717, 1.165) is 62.3 Å². The van der Waals surface area contributed by atoms with Crippen LogP contribution in [-0.4, -0.2) is 44.8 Å². The van der Waals surface area contributed by atoms with Gasteiger partial charge < -0.3 is 10.6 Å². The van der Waals surface area contributed by atoms with E-state index in [1.807, 2.05) is 12.4 Å². The second-order valence-electron chi connectivity index (χ2n) is 8.49. The van der Waals surface area contributed by atoms with Crippen molar-refractivity contribution in [1.29, 1.82) is 0 Å². The number of aromatic amines is 1. The summed E-state index contributed by atoms with van der Waals surface area (Å²) in [5.74, 6) is 0.904.